The normalized spacial score (nSPS) is 10.9. The standard InChI is InChI=1S/C15H10F2N4O2/c16-14(17)10-2-1-3-11(19-10)15(23)20-12-4-8-6-18-21-13(8)5-9(12)7-22/h1-7,14H,(H,18,21)(H,20,23). The van der Waals surface area contributed by atoms with E-state index in [0.717, 1.165) is 6.07 Å². The summed E-state index contributed by atoms with van der Waals surface area (Å²) in [7, 11) is 0. The molecule has 0 atom stereocenters. The van der Waals surface area contributed by atoms with Crippen molar-refractivity contribution >= 4 is 28.8 Å². The summed E-state index contributed by atoms with van der Waals surface area (Å²) in [5.41, 5.74) is 0.483. The number of pyridine rings is 1. The van der Waals surface area contributed by atoms with E-state index in [0.29, 0.717) is 17.2 Å². The van der Waals surface area contributed by atoms with Crippen LogP contribution in [0.1, 0.15) is 33.0 Å². The number of nitrogens with one attached hydrogen (secondary N) is 2. The van der Waals surface area contributed by atoms with Crippen LogP contribution in [0.25, 0.3) is 10.9 Å². The first kappa shape index (κ1) is 14.8. The number of alkyl halides is 2. The number of aldehydes is 1. The lowest BCUT2D eigenvalue weighted by Crippen LogP contribution is -2.15. The van der Waals surface area contributed by atoms with E-state index in [9.17, 15) is 18.4 Å². The maximum Gasteiger partial charge on any atom is 0.280 e. The molecule has 0 saturated carbocycles. The zero-order chi connectivity index (χ0) is 16.4. The number of anilines is 1. The van der Waals surface area contributed by atoms with Gasteiger partial charge in [0.05, 0.1) is 17.4 Å². The molecule has 6 nitrogen and oxygen atoms in total. The van der Waals surface area contributed by atoms with Crippen molar-refractivity contribution in [3.63, 3.8) is 0 Å². The fourth-order valence-corrected chi connectivity index (χ4v) is 2.10. The molecule has 0 unspecified atom stereocenters. The molecule has 1 amide bonds. The van der Waals surface area contributed by atoms with Gasteiger partial charge in [-0.05, 0) is 24.3 Å². The number of halogens is 2. The number of carbonyl (C=O) groups is 2. The summed E-state index contributed by atoms with van der Waals surface area (Å²) in [5.74, 6) is -0.682. The van der Waals surface area contributed by atoms with Gasteiger partial charge < -0.3 is 5.32 Å². The SMILES string of the molecule is O=Cc1cc2[nH]ncc2cc1NC(=O)c1cccc(C(F)F)n1. The quantitative estimate of drug-likeness (QED) is 0.724. The van der Waals surface area contributed by atoms with E-state index in [-0.39, 0.29) is 16.9 Å². The van der Waals surface area contributed by atoms with Gasteiger partial charge in [-0.2, -0.15) is 5.10 Å². The largest absolute Gasteiger partial charge is 0.320 e. The Bertz CT molecular complexity index is 892. The van der Waals surface area contributed by atoms with Crippen LogP contribution in [0, 0.1) is 0 Å². The van der Waals surface area contributed by atoms with Crippen LogP contribution in [0.4, 0.5) is 14.5 Å². The van der Waals surface area contributed by atoms with E-state index in [1.54, 1.807) is 6.07 Å². The minimum Gasteiger partial charge on any atom is -0.320 e. The lowest BCUT2D eigenvalue weighted by atomic mass is 10.1. The number of hydrogen-bond acceptors (Lipinski definition) is 4. The van der Waals surface area contributed by atoms with Crippen molar-refractivity contribution in [3.8, 4) is 0 Å². The van der Waals surface area contributed by atoms with E-state index >= 15 is 0 Å². The molecular formula is C15H10F2N4O2. The maximum absolute atomic E-state index is 12.6. The van der Waals surface area contributed by atoms with Gasteiger partial charge in [0, 0.05) is 10.9 Å². The summed E-state index contributed by atoms with van der Waals surface area (Å²) < 4.78 is 25.3. The molecule has 0 bridgehead atoms. The average Bonchev–Trinajstić information content (AvgIpc) is 3.01. The Hall–Kier alpha value is -3.16. The molecule has 2 N–H and O–H groups in total. The van der Waals surface area contributed by atoms with Gasteiger partial charge in [-0.3, -0.25) is 14.7 Å². The van der Waals surface area contributed by atoms with Crippen LogP contribution in [0.5, 0.6) is 0 Å². The highest BCUT2D eigenvalue weighted by atomic mass is 19.3. The second-order valence-corrected chi connectivity index (χ2v) is 4.72. The van der Waals surface area contributed by atoms with E-state index in [1.807, 2.05) is 0 Å². The molecule has 1 aromatic carbocycles. The van der Waals surface area contributed by atoms with Gasteiger partial charge in [0.25, 0.3) is 12.3 Å². The molecule has 0 aliphatic heterocycles. The van der Waals surface area contributed by atoms with Crippen molar-refractivity contribution in [1.82, 2.24) is 15.2 Å². The number of fused-ring (bicyclic) bond motifs is 1. The van der Waals surface area contributed by atoms with Gasteiger partial charge in [-0.15, -0.1) is 0 Å². The topological polar surface area (TPSA) is 87.7 Å². The lowest BCUT2D eigenvalue weighted by molar-refractivity contribution is 0.102. The molecule has 3 rings (SSSR count). The molecular weight excluding hydrogens is 306 g/mol. The first-order valence-corrected chi connectivity index (χ1v) is 6.57. The number of aromatic amines is 1. The Kier molecular flexibility index (Phi) is 3.80. The van der Waals surface area contributed by atoms with Gasteiger partial charge >= 0.3 is 0 Å². The molecule has 0 saturated heterocycles. The molecule has 0 radical (unpaired) electrons. The third-order valence-electron chi connectivity index (χ3n) is 3.21. The first-order valence-electron chi connectivity index (χ1n) is 6.57. The third kappa shape index (κ3) is 2.91. The summed E-state index contributed by atoms with van der Waals surface area (Å²) in [6, 6.07) is 6.88. The van der Waals surface area contributed by atoms with E-state index in [2.05, 4.69) is 20.5 Å². The maximum atomic E-state index is 12.6. The fourth-order valence-electron chi connectivity index (χ4n) is 2.10. The van der Waals surface area contributed by atoms with Crippen molar-refractivity contribution in [2.24, 2.45) is 0 Å². The van der Waals surface area contributed by atoms with E-state index in [1.165, 1.54) is 24.4 Å². The fraction of sp³-hybridized carbons (Fsp3) is 0.0667. The minimum absolute atomic E-state index is 0.160. The monoisotopic (exact) mass is 316 g/mol. The summed E-state index contributed by atoms with van der Waals surface area (Å²) in [5, 5.41) is 9.75. The highest BCUT2D eigenvalue weighted by Crippen LogP contribution is 2.22. The predicted octanol–water partition coefficient (Wildman–Crippen LogP) is 2.96. The zero-order valence-electron chi connectivity index (χ0n) is 11.6. The molecule has 0 spiro atoms. The Morgan fingerprint density at radius 3 is 2.87 bits per heavy atom. The molecule has 0 aliphatic rings. The number of benzene rings is 1. The number of carbonyl (C=O) groups excluding carboxylic acids is 2. The molecule has 3 aromatic rings. The number of H-pyrrole nitrogens is 1. The summed E-state index contributed by atoms with van der Waals surface area (Å²) in [6.45, 7) is 0. The molecule has 116 valence electrons. The van der Waals surface area contributed by atoms with Crippen LogP contribution in [0.3, 0.4) is 0 Å². The number of amides is 1. The Morgan fingerprint density at radius 2 is 2.13 bits per heavy atom. The summed E-state index contributed by atoms with van der Waals surface area (Å²) in [6.07, 6.45) is -0.649. The van der Waals surface area contributed by atoms with Gasteiger partial charge in [0.1, 0.15) is 11.4 Å². The van der Waals surface area contributed by atoms with Crippen molar-refractivity contribution in [2.45, 2.75) is 6.43 Å². The number of nitrogens with zero attached hydrogens (tertiary/aromatic N) is 2. The minimum atomic E-state index is -2.77. The van der Waals surface area contributed by atoms with E-state index in [4.69, 9.17) is 0 Å². The summed E-state index contributed by atoms with van der Waals surface area (Å²) >= 11 is 0. The first-order chi connectivity index (χ1) is 11.1. The second-order valence-electron chi connectivity index (χ2n) is 4.72. The second kappa shape index (κ2) is 5.91. The summed E-state index contributed by atoms with van der Waals surface area (Å²) in [4.78, 5) is 26.9. The van der Waals surface area contributed by atoms with Gasteiger partial charge in [-0.25, -0.2) is 13.8 Å². The Labute approximate surface area is 128 Å². The smallest absolute Gasteiger partial charge is 0.280 e. The number of rotatable bonds is 4. The number of aromatic nitrogens is 3. The predicted molar refractivity (Wildman–Crippen MR) is 78.6 cm³/mol. The van der Waals surface area contributed by atoms with Crippen LogP contribution in [-0.2, 0) is 0 Å². The van der Waals surface area contributed by atoms with E-state index < -0.39 is 18.0 Å². The van der Waals surface area contributed by atoms with Crippen LogP contribution < -0.4 is 5.32 Å². The van der Waals surface area contributed by atoms with Crippen molar-refractivity contribution in [2.75, 3.05) is 5.32 Å². The third-order valence-corrected chi connectivity index (χ3v) is 3.21. The van der Waals surface area contributed by atoms with Crippen LogP contribution >= 0.6 is 0 Å². The van der Waals surface area contributed by atoms with Crippen molar-refractivity contribution in [1.29, 1.82) is 0 Å². The van der Waals surface area contributed by atoms with Crippen LogP contribution in [-0.4, -0.2) is 27.4 Å². The molecule has 0 fully saturated rings. The zero-order valence-corrected chi connectivity index (χ0v) is 11.6. The lowest BCUT2D eigenvalue weighted by Gasteiger charge is -2.08. The van der Waals surface area contributed by atoms with Crippen LogP contribution in [0.2, 0.25) is 0 Å². The Balaban J connectivity index is 1.93. The molecule has 8 heteroatoms. The number of hydrogen-bond donors (Lipinski definition) is 2. The average molecular weight is 316 g/mol. The van der Waals surface area contributed by atoms with Crippen molar-refractivity contribution < 1.29 is 18.4 Å². The highest BCUT2D eigenvalue weighted by molar-refractivity contribution is 6.07. The molecule has 2 aromatic heterocycles. The molecule has 23 heavy (non-hydrogen) atoms. The van der Waals surface area contributed by atoms with Crippen LogP contribution in [0.15, 0.2) is 36.5 Å². The Morgan fingerprint density at radius 1 is 1.30 bits per heavy atom. The van der Waals surface area contributed by atoms with Gasteiger partial charge in [-0.1, -0.05) is 6.07 Å². The van der Waals surface area contributed by atoms with Gasteiger partial charge in [0.2, 0.25) is 0 Å². The van der Waals surface area contributed by atoms with Crippen molar-refractivity contribution in [3.05, 3.63) is 53.5 Å². The highest BCUT2D eigenvalue weighted by Gasteiger charge is 2.15. The molecule has 0 aliphatic carbocycles. The molecule has 2 heterocycles. The van der Waals surface area contributed by atoms with Gasteiger partial charge in [0.15, 0.2) is 6.29 Å².